The number of carbonyl (C=O) groups is 2. The van der Waals surface area contributed by atoms with Crippen LogP contribution in [-0.4, -0.2) is 98.1 Å². The lowest BCUT2D eigenvalue weighted by Gasteiger charge is -2.34. The van der Waals surface area contributed by atoms with Crippen LogP contribution < -0.4 is 0 Å². The molecule has 1 aromatic rings. The molecule has 8 nitrogen and oxygen atoms in total. The maximum Gasteiger partial charge on any atom is 0.243 e. The molecule has 0 atom stereocenters. The molecule has 2 rings (SSSR count). The molecule has 1 aliphatic rings. The molecule has 1 fully saturated rings. The third-order valence-electron chi connectivity index (χ3n) is 6.04. The number of nitrogens with zero attached hydrogens (tertiary/aromatic N) is 4. The van der Waals surface area contributed by atoms with E-state index in [1.54, 1.807) is 35.2 Å². The molecule has 2 amide bonds. The maximum atomic E-state index is 12.8. The van der Waals surface area contributed by atoms with Crippen LogP contribution in [-0.2, 0) is 19.6 Å². The normalized spacial score (nSPS) is 15.3. The molecule has 0 aromatic heterocycles. The van der Waals surface area contributed by atoms with Crippen LogP contribution >= 0.6 is 0 Å². The molecular formula is C24H40N4O4S. The number of benzene rings is 1. The molecule has 1 saturated heterocycles. The summed E-state index contributed by atoms with van der Waals surface area (Å²) in [6, 6.07) is 8.36. The van der Waals surface area contributed by atoms with Crippen molar-refractivity contribution in [3.8, 4) is 0 Å². The first kappa shape index (κ1) is 27.3. The Balaban J connectivity index is 1.85. The van der Waals surface area contributed by atoms with Gasteiger partial charge in [-0.1, -0.05) is 45.9 Å². The van der Waals surface area contributed by atoms with E-state index >= 15 is 0 Å². The lowest BCUT2D eigenvalue weighted by atomic mass is 10.1. The fourth-order valence-corrected chi connectivity index (χ4v) is 5.45. The van der Waals surface area contributed by atoms with E-state index in [0.29, 0.717) is 32.1 Å². The molecule has 0 aliphatic carbocycles. The van der Waals surface area contributed by atoms with Crippen LogP contribution in [0.3, 0.4) is 0 Å². The van der Waals surface area contributed by atoms with Gasteiger partial charge in [-0.25, -0.2) is 8.42 Å². The van der Waals surface area contributed by atoms with Crippen molar-refractivity contribution in [1.82, 2.24) is 19.0 Å². The summed E-state index contributed by atoms with van der Waals surface area (Å²) in [6.07, 6.45) is 0.344. The first-order chi connectivity index (χ1) is 15.7. The van der Waals surface area contributed by atoms with Gasteiger partial charge in [0.25, 0.3) is 0 Å². The Morgan fingerprint density at radius 1 is 0.939 bits per heavy atom. The van der Waals surface area contributed by atoms with Crippen LogP contribution in [0, 0.1) is 5.92 Å². The first-order valence-corrected chi connectivity index (χ1v) is 13.5. The van der Waals surface area contributed by atoms with Gasteiger partial charge in [-0.3, -0.25) is 9.59 Å². The number of hydrogen-bond acceptors (Lipinski definition) is 5. The number of likely N-dealkylation sites (N-methyl/N-ethyl adjacent to an activating group) is 1. The molecular weight excluding hydrogens is 440 g/mol. The van der Waals surface area contributed by atoms with Gasteiger partial charge in [0.2, 0.25) is 21.8 Å². The lowest BCUT2D eigenvalue weighted by Crippen LogP contribution is -2.50. The highest BCUT2D eigenvalue weighted by Gasteiger charge is 2.30. The van der Waals surface area contributed by atoms with Crippen LogP contribution in [0.5, 0.6) is 0 Å². The Morgan fingerprint density at radius 2 is 1.55 bits per heavy atom. The Morgan fingerprint density at radius 3 is 2.09 bits per heavy atom. The monoisotopic (exact) mass is 480 g/mol. The highest BCUT2D eigenvalue weighted by atomic mass is 32.2. The molecule has 1 heterocycles. The van der Waals surface area contributed by atoms with Crippen molar-refractivity contribution in [2.24, 2.45) is 5.92 Å². The van der Waals surface area contributed by atoms with E-state index in [1.807, 2.05) is 4.90 Å². The summed E-state index contributed by atoms with van der Waals surface area (Å²) in [5.41, 5.74) is 0. The standard InChI is InChI=1S/C24H40N4O4S/c1-5-25(6-2)14-15-27(20-21(3)4)24(30)13-12-23(29)26-16-18-28(19-17-26)33(31,32)22-10-8-7-9-11-22/h7-11,21H,5-6,12-20H2,1-4H3. The summed E-state index contributed by atoms with van der Waals surface area (Å²) < 4.78 is 27.0. The second-order valence-corrected chi connectivity index (χ2v) is 10.8. The first-order valence-electron chi connectivity index (χ1n) is 12.0. The Hall–Kier alpha value is -1.97. The fraction of sp³-hybridized carbons (Fsp3) is 0.667. The molecule has 0 spiro atoms. The van der Waals surface area contributed by atoms with Gasteiger partial charge in [0, 0.05) is 58.7 Å². The van der Waals surface area contributed by atoms with Crippen molar-refractivity contribution in [2.45, 2.75) is 45.4 Å². The zero-order valence-corrected chi connectivity index (χ0v) is 21.4. The second-order valence-electron chi connectivity index (χ2n) is 8.86. The minimum absolute atomic E-state index is 0.00879. The van der Waals surface area contributed by atoms with Gasteiger partial charge in [-0.2, -0.15) is 4.31 Å². The van der Waals surface area contributed by atoms with Crippen molar-refractivity contribution in [1.29, 1.82) is 0 Å². The molecule has 0 unspecified atom stereocenters. The average molecular weight is 481 g/mol. The van der Waals surface area contributed by atoms with Gasteiger partial charge in [0.1, 0.15) is 0 Å². The van der Waals surface area contributed by atoms with Crippen LogP contribution in [0.15, 0.2) is 35.2 Å². The van der Waals surface area contributed by atoms with E-state index < -0.39 is 10.0 Å². The summed E-state index contributed by atoms with van der Waals surface area (Å²) in [7, 11) is -3.55. The number of amides is 2. The third kappa shape index (κ3) is 8.08. The number of rotatable bonds is 12. The van der Waals surface area contributed by atoms with E-state index in [2.05, 4.69) is 32.6 Å². The van der Waals surface area contributed by atoms with Crippen molar-refractivity contribution >= 4 is 21.8 Å². The molecule has 33 heavy (non-hydrogen) atoms. The zero-order valence-electron chi connectivity index (χ0n) is 20.6. The number of sulfonamides is 1. The summed E-state index contributed by atoms with van der Waals surface area (Å²) in [5, 5.41) is 0. The van der Waals surface area contributed by atoms with Crippen LogP contribution in [0.1, 0.15) is 40.5 Å². The highest BCUT2D eigenvalue weighted by molar-refractivity contribution is 7.89. The molecule has 1 aliphatic heterocycles. The minimum Gasteiger partial charge on any atom is -0.341 e. The molecule has 0 radical (unpaired) electrons. The second kappa shape index (κ2) is 13.1. The van der Waals surface area contributed by atoms with Gasteiger partial charge in [-0.05, 0) is 31.1 Å². The van der Waals surface area contributed by atoms with Crippen molar-refractivity contribution in [3.63, 3.8) is 0 Å². The van der Waals surface area contributed by atoms with Gasteiger partial charge in [-0.15, -0.1) is 0 Å². The predicted octanol–water partition coefficient (Wildman–Crippen LogP) is 2.13. The predicted molar refractivity (Wildman–Crippen MR) is 130 cm³/mol. The Labute approximate surface area is 199 Å². The zero-order chi connectivity index (χ0) is 24.4. The largest absolute Gasteiger partial charge is 0.341 e. The Bertz CT molecular complexity index is 848. The average Bonchev–Trinajstić information content (AvgIpc) is 2.82. The van der Waals surface area contributed by atoms with Gasteiger partial charge >= 0.3 is 0 Å². The molecule has 0 saturated carbocycles. The van der Waals surface area contributed by atoms with E-state index in [9.17, 15) is 18.0 Å². The van der Waals surface area contributed by atoms with Crippen LogP contribution in [0.2, 0.25) is 0 Å². The highest BCUT2D eigenvalue weighted by Crippen LogP contribution is 2.18. The molecule has 1 aromatic carbocycles. The number of hydrogen-bond donors (Lipinski definition) is 0. The smallest absolute Gasteiger partial charge is 0.243 e. The van der Waals surface area contributed by atoms with Crippen LogP contribution in [0.25, 0.3) is 0 Å². The maximum absolute atomic E-state index is 12.8. The number of carbonyl (C=O) groups excluding carboxylic acids is 2. The Kier molecular flexibility index (Phi) is 10.8. The molecule has 186 valence electrons. The van der Waals surface area contributed by atoms with Crippen molar-refractivity contribution in [2.75, 3.05) is 58.9 Å². The minimum atomic E-state index is -3.55. The van der Waals surface area contributed by atoms with E-state index in [1.165, 1.54) is 4.31 Å². The van der Waals surface area contributed by atoms with E-state index in [4.69, 9.17) is 0 Å². The number of piperazine rings is 1. The van der Waals surface area contributed by atoms with Gasteiger partial charge in [0.05, 0.1) is 4.90 Å². The summed E-state index contributed by atoms with van der Waals surface area (Å²) in [6.45, 7) is 13.7. The molecule has 0 bridgehead atoms. The van der Waals surface area contributed by atoms with Crippen LogP contribution in [0.4, 0.5) is 0 Å². The van der Waals surface area contributed by atoms with Crippen molar-refractivity contribution in [3.05, 3.63) is 30.3 Å². The summed E-state index contributed by atoms with van der Waals surface area (Å²) >= 11 is 0. The molecule has 9 heteroatoms. The van der Waals surface area contributed by atoms with Gasteiger partial charge < -0.3 is 14.7 Å². The quantitative estimate of drug-likeness (QED) is 0.458. The topological polar surface area (TPSA) is 81.2 Å². The summed E-state index contributed by atoms with van der Waals surface area (Å²) in [4.78, 5) is 31.7. The summed E-state index contributed by atoms with van der Waals surface area (Å²) in [5.74, 6) is 0.281. The lowest BCUT2D eigenvalue weighted by molar-refractivity contribution is -0.138. The molecule has 0 N–H and O–H groups in total. The van der Waals surface area contributed by atoms with E-state index in [0.717, 1.165) is 19.6 Å². The SMILES string of the molecule is CCN(CC)CCN(CC(C)C)C(=O)CCC(=O)N1CCN(S(=O)(=O)c2ccccc2)CC1. The third-order valence-corrected chi connectivity index (χ3v) is 7.96. The van der Waals surface area contributed by atoms with E-state index in [-0.39, 0.29) is 42.6 Å². The van der Waals surface area contributed by atoms with Gasteiger partial charge in [0.15, 0.2) is 0 Å². The fourth-order valence-electron chi connectivity index (χ4n) is 4.01. The van der Waals surface area contributed by atoms with Crippen molar-refractivity contribution < 1.29 is 18.0 Å².